The van der Waals surface area contributed by atoms with Crippen molar-refractivity contribution in [3.05, 3.63) is 51.7 Å². The van der Waals surface area contributed by atoms with Crippen LogP contribution < -0.4 is 4.74 Å². The van der Waals surface area contributed by atoms with Gasteiger partial charge in [-0.2, -0.15) is 14.0 Å². The van der Waals surface area contributed by atoms with Gasteiger partial charge in [-0.25, -0.2) is 4.39 Å². The molecule has 1 aliphatic heterocycles. The molecule has 0 saturated carbocycles. The van der Waals surface area contributed by atoms with E-state index in [4.69, 9.17) is 10.00 Å². The summed E-state index contributed by atoms with van der Waals surface area (Å²) in [7, 11) is 0. The Kier molecular flexibility index (Phi) is 3.86. The van der Waals surface area contributed by atoms with Gasteiger partial charge in [0.05, 0.1) is 21.7 Å². The number of halogens is 4. The molecule has 0 spiro atoms. The van der Waals surface area contributed by atoms with E-state index in [9.17, 15) is 18.0 Å². The summed E-state index contributed by atoms with van der Waals surface area (Å²) in [5.41, 5.74) is -0.121. The lowest BCUT2D eigenvalue weighted by molar-refractivity contribution is 0.0581. The number of thioether (sulfide) groups is 1. The molecule has 23 heavy (non-hydrogen) atoms. The number of hydrogen-bond donors (Lipinski definition) is 0. The number of ketones is 1. The molecule has 0 bridgehead atoms. The molecule has 116 valence electrons. The molecule has 0 radical (unpaired) electrons. The molecule has 3 rings (SSSR count). The van der Waals surface area contributed by atoms with Gasteiger partial charge in [0.1, 0.15) is 17.3 Å². The number of rotatable bonds is 2. The lowest BCUT2D eigenvalue weighted by Gasteiger charge is -2.10. The minimum atomic E-state index is -3.52. The molecule has 8 heteroatoms. The van der Waals surface area contributed by atoms with Gasteiger partial charge in [0.25, 0.3) is 0 Å². The lowest BCUT2D eigenvalue weighted by Crippen LogP contribution is -2.18. The van der Waals surface area contributed by atoms with Gasteiger partial charge in [-0.15, -0.1) is 0 Å². The first-order valence-electron chi connectivity index (χ1n) is 6.14. The number of carbonyl (C=O) groups excluding carboxylic acids is 1. The maximum atomic E-state index is 13.5. The maximum Gasteiger partial charge on any atom is 0.360 e. The quantitative estimate of drug-likeness (QED) is 0.701. The molecular formula is C15H5BrF3NO2S. The summed E-state index contributed by atoms with van der Waals surface area (Å²) in [4.78, 5) is 11.9. The number of nitriles is 1. The molecule has 3 nitrogen and oxygen atoms in total. The summed E-state index contributed by atoms with van der Waals surface area (Å²) in [6.07, 6.45) is 0. The standard InChI is InChI=1S/C15H5BrF3NO2S/c16-13-10(22-9-4-7(6-20)3-8(17)5-9)1-2-11-12(13)14(21)15(18,19)23-11/h1-5H. The topological polar surface area (TPSA) is 50.1 Å². The smallest absolute Gasteiger partial charge is 0.360 e. The van der Waals surface area contributed by atoms with Crippen LogP contribution in [-0.2, 0) is 0 Å². The minimum absolute atomic E-state index is 0.0204. The second kappa shape index (κ2) is 5.58. The van der Waals surface area contributed by atoms with Gasteiger partial charge in [-0.3, -0.25) is 4.79 Å². The summed E-state index contributed by atoms with van der Waals surface area (Å²) in [5, 5.41) is 5.30. The van der Waals surface area contributed by atoms with Gasteiger partial charge >= 0.3 is 5.25 Å². The second-order valence-electron chi connectivity index (χ2n) is 4.59. The molecule has 2 aromatic rings. The molecule has 0 aromatic heterocycles. The van der Waals surface area contributed by atoms with E-state index < -0.39 is 16.9 Å². The minimum Gasteiger partial charge on any atom is -0.456 e. The summed E-state index contributed by atoms with van der Waals surface area (Å²) in [6, 6.07) is 7.89. The van der Waals surface area contributed by atoms with Gasteiger partial charge in [-0.1, -0.05) is 0 Å². The molecule has 0 N–H and O–H groups in total. The van der Waals surface area contributed by atoms with E-state index in [0.717, 1.165) is 12.1 Å². The Morgan fingerprint density at radius 3 is 2.70 bits per heavy atom. The lowest BCUT2D eigenvalue weighted by atomic mass is 10.1. The van der Waals surface area contributed by atoms with Crippen molar-refractivity contribution in [3.8, 4) is 17.6 Å². The van der Waals surface area contributed by atoms with Crippen molar-refractivity contribution in [2.75, 3.05) is 0 Å². The second-order valence-corrected chi connectivity index (χ2v) is 6.54. The Labute approximate surface area is 141 Å². The van der Waals surface area contributed by atoms with E-state index in [2.05, 4.69) is 15.9 Å². The Morgan fingerprint density at radius 2 is 2.00 bits per heavy atom. The Balaban J connectivity index is 2.01. The first-order chi connectivity index (χ1) is 10.8. The first-order valence-corrected chi connectivity index (χ1v) is 7.75. The summed E-state index contributed by atoms with van der Waals surface area (Å²) in [6.45, 7) is 0. The number of carbonyl (C=O) groups is 1. The molecule has 1 aliphatic rings. The molecule has 0 unspecified atom stereocenters. The third-order valence-corrected chi connectivity index (χ3v) is 4.82. The fourth-order valence-electron chi connectivity index (χ4n) is 2.06. The number of Topliss-reactive ketones (excluding diaryl/α,β-unsaturated/α-hetero) is 1. The normalized spacial score (nSPS) is 15.2. The maximum absolute atomic E-state index is 13.5. The SMILES string of the molecule is N#Cc1cc(F)cc(Oc2ccc3c(c2Br)C(=O)C(F)(F)S3)c1. The third kappa shape index (κ3) is 2.82. The van der Waals surface area contributed by atoms with Crippen molar-refractivity contribution in [2.45, 2.75) is 10.2 Å². The zero-order valence-corrected chi connectivity index (χ0v) is 13.5. The molecule has 0 fully saturated rings. The highest BCUT2D eigenvalue weighted by molar-refractivity contribution is 9.10. The molecular weight excluding hydrogens is 395 g/mol. The predicted molar refractivity (Wildman–Crippen MR) is 80.5 cm³/mol. The highest BCUT2D eigenvalue weighted by Gasteiger charge is 2.49. The van der Waals surface area contributed by atoms with Crippen molar-refractivity contribution >= 4 is 33.5 Å². The highest BCUT2D eigenvalue weighted by atomic mass is 79.9. The predicted octanol–water partition coefficient (Wildman–Crippen LogP) is 5.13. The van der Waals surface area contributed by atoms with Crippen LogP contribution in [0.5, 0.6) is 11.5 Å². The number of fused-ring (bicyclic) bond motifs is 1. The van der Waals surface area contributed by atoms with E-state index in [0.29, 0.717) is 0 Å². The summed E-state index contributed by atoms with van der Waals surface area (Å²) >= 11 is 3.25. The molecule has 2 aromatic carbocycles. The number of hydrogen-bond acceptors (Lipinski definition) is 4. The number of nitrogens with zero attached hydrogens (tertiary/aromatic N) is 1. The van der Waals surface area contributed by atoms with Crippen molar-refractivity contribution in [2.24, 2.45) is 0 Å². The number of benzene rings is 2. The van der Waals surface area contributed by atoms with Crippen LogP contribution in [-0.4, -0.2) is 11.0 Å². The summed E-state index contributed by atoms with van der Waals surface area (Å²) < 4.78 is 45.9. The number of ether oxygens (including phenoxy) is 1. The van der Waals surface area contributed by atoms with Crippen LogP contribution in [0.3, 0.4) is 0 Å². The molecule has 0 aliphatic carbocycles. The van der Waals surface area contributed by atoms with Crippen LogP contribution >= 0.6 is 27.7 Å². The van der Waals surface area contributed by atoms with Crippen LogP contribution in [0.4, 0.5) is 13.2 Å². The molecule has 1 heterocycles. The van der Waals surface area contributed by atoms with E-state index in [-0.39, 0.29) is 43.8 Å². The van der Waals surface area contributed by atoms with E-state index in [1.807, 2.05) is 0 Å². The van der Waals surface area contributed by atoms with Gasteiger partial charge in [0.2, 0.25) is 5.78 Å². The summed E-state index contributed by atoms with van der Waals surface area (Å²) in [5.74, 6) is -1.89. The van der Waals surface area contributed by atoms with Crippen molar-refractivity contribution < 1.29 is 22.7 Å². The highest BCUT2D eigenvalue weighted by Crippen LogP contribution is 2.51. The van der Waals surface area contributed by atoms with Crippen LogP contribution in [0.1, 0.15) is 15.9 Å². The molecule has 0 amide bonds. The third-order valence-electron chi connectivity index (χ3n) is 3.03. The molecule has 0 saturated heterocycles. The average molecular weight is 400 g/mol. The van der Waals surface area contributed by atoms with Crippen LogP contribution in [0, 0.1) is 17.1 Å². The zero-order chi connectivity index (χ0) is 16.8. The first kappa shape index (κ1) is 15.9. The zero-order valence-electron chi connectivity index (χ0n) is 11.1. The van der Waals surface area contributed by atoms with Crippen molar-refractivity contribution in [1.82, 2.24) is 0 Å². The van der Waals surface area contributed by atoms with Gasteiger partial charge < -0.3 is 4.74 Å². The van der Waals surface area contributed by atoms with Crippen LogP contribution in [0.2, 0.25) is 0 Å². The monoisotopic (exact) mass is 399 g/mol. The van der Waals surface area contributed by atoms with E-state index >= 15 is 0 Å². The van der Waals surface area contributed by atoms with Gasteiger partial charge in [0.15, 0.2) is 0 Å². The van der Waals surface area contributed by atoms with Crippen molar-refractivity contribution in [1.29, 1.82) is 5.26 Å². The fraction of sp³-hybridized carbons (Fsp3) is 0.0667. The largest absolute Gasteiger partial charge is 0.456 e. The van der Waals surface area contributed by atoms with Crippen LogP contribution in [0.15, 0.2) is 39.7 Å². The average Bonchev–Trinajstić information content (AvgIpc) is 2.72. The fourth-order valence-corrected chi connectivity index (χ4v) is 3.70. The van der Waals surface area contributed by atoms with Crippen molar-refractivity contribution in [3.63, 3.8) is 0 Å². The number of alkyl halides is 2. The van der Waals surface area contributed by atoms with E-state index in [1.165, 1.54) is 18.2 Å². The van der Waals surface area contributed by atoms with Gasteiger partial charge in [-0.05, 0) is 52.0 Å². The van der Waals surface area contributed by atoms with Gasteiger partial charge in [0, 0.05) is 11.0 Å². The van der Waals surface area contributed by atoms with Crippen LogP contribution in [0.25, 0.3) is 0 Å². The Morgan fingerprint density at radius 1 is 1.26 bits per heavy atom. The van der Waals surface area contributed by atoms with E-state index in [1.54, 1.807) is 6.07 Å². The molecule has 0 atom stereocenters. The Bertz CT molecular complexity index is 880. The Hall–Kier alpha value is -1.98.